The molecular formula is C22H20FN5OS. The highest BCUT2D eigenvalue weighted by Gasteiger charge is 2.32. The number of benzene rings is 1. The van der Waals surface area contributed by atoms with Crippen LogP contribution in [0.25, 0.3) is 16.6 Å². The van der Waals surface area contributed by atoms with E-state index < -0.39 is 0 Å². The van der Waals surface area contributed by atoms with Crippen molar-refractivity contribution in [2.45, 2.75) is 6.04 Å². The normalized spacial score (nSPS) is 17.5. The van der Waals surface area contributed by atoms with Gasteiger partial charge in [-0.25, -0.2) is 8.91 Å². The molecule has 152 valence electrons. The average Bonchev–Trinajstić information content (AvgIpc) is 3.43. The zero-order chi connectivity index (χ0) is 20.7. The Morgan fingerprint density at radius 2 is 2.07 bits per heavy atom. The van der Waals surface area contributed by atoms with Gasteiger partial charge in [-0.1, -0.05) is 23.4 Å². The Morgan fingerprint density at radius 3 is 2.87 bits per heavy atom. The number of fused-ring (bicyclic) bond motifs is 1. The molecule has 0 unspecified atom stereocenters. The summed E-state index contributed by atoms with van der Waals surface area (Å²) in [5.41, 5.74) is 4.11. The quantitative estimate of drug-likeness (QED) is 0.506. The summed E-state index contributed by atoms with van der Waals surface area (Å²) in [5, 5.41) is 12.5. The Kier molecular flexibility index (Phi) is 4.80. The van der Waals surface area contributed by atoms with E-state index >= 15 is 0 Å². The molecule has 1 aliphatic heterocycles. The van der Waals surface area contributed by atoms with E-state index in [1.165, 1.54) is 23.5 Å². The van der Waals surface area contributed by atoms with Gasteiger partial charge in [-0.2, -0.15) is 11.3 Å². The van der Waals surface area contributed by atoms with Gasteiger partial charge >= 0.3 is 0 Å². The van der Waals surface area contributed by atoms with Crippen LogP contribution in [0, 0.1) is 5.82 Å². The molecule has 1 aromatic carbocycles. The van der Waals surface area contributed by atoms with Crippen molar-refractivity contribution in [3.8, 4) is 11.1 Å². The number of thiophene rings is 1. The predicted molar refractivity (Wildman–Crippen MR) is 114 cm³/mol. The Morgan fingerprint density at radius 1 is 1.17 bits per heavy atom. The van der Waals surface area contributed by atoms with Crippen LogP contribution in [-0.2, 0) is 0 Å². The van der Waals surface area contributed by atoms with E-state index in [1.807, 2.05) is 53.2 Å². The molecule has 30 heavy (non-hydrogen) atoms. The van der Waals surface area contributed by atoms with E-state index in [0.29, 0.717) is 13.1 Å². The monoisotopic (exact) mass is 421 g/mol. The molecule has 0 saturated carbocycles. The molecule has 0 bridgehead atoms. The van der Waals surface area contributed by atoms with Crippen molar-refractivity contribution in [2.75, 3.05) is 26.7 Å². The van der Waals surface area contributed by atoms with Crippen LogP contribution in [0.4, 0.5) is 4.39 Å². The molecule has 8 heteroatoms. The lowest BCUT2D eigenvalue weighted by atomic mass is 10.1. The number of carbonyl (C=O) groups excluding carboxylic acids is 1. The molecule has 1 amide bonds. The average molecular weight is 422 g/mol. The van der Waals surface area contributed by atoms with Gasteiger partial charge < -0.3 is 4.90 Å². The van der Waals surface area contributed by atoms with Crippen molar-refractivity contribution in [3.63, 3.8) is 0 Å². The van der Waals surface area contributed by atoms with Gasteiger partial charge in [-0.15, -0.1) is 5.10 Å². The minimum Gasteiger partial charge on any atom is -0.335 e. The lowest BCUT2D eigenvalue weighted by molar-refractivity contribution is 0.0542. The molecule has 3 aromatic heterocycles. The first-order valence-electron chi connectivity index (χ1n) is 9.73. The van der Waals surface area contributed by atoms with Crippen LogP contribution in [0.2, 0.25) is 0 Å². The lowest BCUT2D eigenvalue weighted by Crippen LogP contribution is -2.49. The molecule has 4 heterocycles. The number of pyridine rings is 1. The highest BCUT2D eigenvalue weighted by Crippen LogP contribution is 2.28. The summed E-state index contributed by atoms with van der Waals surface area (Å²) in [6, 6.07) is 12.2. The molecule has 4 aromatic rings. The second-order valence-electron chi connectivity index (χ2n) is 7.49. The third-order valence-corrected chi connectivity index (χ3v) is 6.30. The topological polar surface area (TPSA) is 53.7 Å². The third-order valence-electron chi connectivity index (χ3n) is 5.62. The molecular weight excluding hydrogens is 401 g/mol. The maximum Gasteiger partial charge on any atom is 0.254 e. The summed E-state index contributed by atoms with van der Waals surface area (Å²) in [6.45, 7) is 2.01. The summed E-state index contributed by atoms with van der Waals surface area (Å²) in [5.74, 6) is -0.217. The number of rotatable bonds is 3. The number of hydrogen-bond donors (Lipinski definition) is 0. The number of nitrogens with zero attached hydrogens (tertiary/aromatic N) is 5. The summed E-state index contributed by atoms with van der Waals surface area (Å²) < 4.78 is 15.3. The summed E-state index contributed by atoms with van der Waals surface area (Å²) in [7, 11) is 2.05. The van der Waals surface area contributed by atoms with Crippen LogP contribution < -0.4 is 0 Å². The Balaban J connectivity index is 1.45. The van der Waals surface area contributed by atoms with Crippen LogP contribution in [0.5, 0.6) is 0 Å². The highest BCUT2D eigenvalue weighted by atomic mass is 32.1. The Labute approximate surface area is 177 Å². The SMILES string of the molecule is CN1CCN(C(=O)c2ccsc2)C[C@@H]1c1nnn2cc(-c3cccc(F)c3)ccc12. The van der Waals surface area contributed by atoms with Gasteiger partial charge in [-0.05, 0) is 42.3 Å². The van der Waals surface area contributed by atoms with E-state index in [2.05, 4.69) is 15.2 Å². The molecule has 5 rings (SSSR count). The first-order valence-corrected chi connectivity index (χ1v) is 10.7. The number of piperazine rings is 1. The lowest BCUT2D eigenvalue weighted by Gasteiger charge is -2.38. The third kappa shape index (κ3) is 3.38. The number of halogens is 1. The van der Waals surface area contributed by atoms with Gasteiger partial charge in [0.05, 0.1) is 17.1 Å². The van der Waals surface area contributed by atoms with E-state index in [0.717, 1.165) is 34.4 Å². The van der Waals surface area contributed by atoms with E-state index in [1.54, 1.807) is 10.6 Å². The predicted octanol–water partition coefficient (Wildman–Crippen LogP) is 3.73. The minimum atomic E-state index is -0.272. The van der Waals surface area contributed by atoms with Crippen molar-refractivity contribution >= 4 is 22.8 Å². The van der Waals surface area contributed by atoms with E-state index in [9.17, 15) is 9.18 Å². The molecule has 0 spiro atoms. The van der Waals surface area contributed by atoms with Crippen LogP contribution in [0.15, 0.2) is 59.4 Å². The number of carbonyl (C=O) groups is 1. The van der Waals surface area contributed by atoms with Gasteiger partial charge in [0.25, 0.3) is 5.91 Å². The fourth-order valence-corrected chi connectivity index (χ4v) is 4.54. The van der Waals surface area contributed by atoms with Crippen molar-refractivity contribution in [2.24, 2.45) is 0 Å². The number of hydrogen-bond acceptors (Lipinski definition) is 5. The molecule has 1 aliphatic rings. The van der Waals surface area contributed by atoms with Crippen molar-refractivity contribution in [1.29, 1.82) is 0 Å². The van der Waals surface area contributed by atoms with E-state index in [4.69, 9.17) is 0 Å². The summed E-state index contributed by atoms with van der Waals surface area (Å²) in [6.07, 6.45) is 1.86. The molecule has 0 N–H and O–H groups in total. The fraction of sp³-hybridized carbons (Fsp3) is 0.227. The van der Waals surface area contributed by atoms with Crippen molar-refractivity contribution in [3.05, 3.63) is 76.5 Å². The largest absolute Gasteiger partial charge is 0.335 e. The first kappa shape index (κ1) is 18.9. The first-order chi connectivity index (χ1) is 14.6. The minimum absolute atomic E-state index is 0.0427. The fourth-order valence-electron chi connectivity index (χ4n) is 3.91. The standard InChI is InChI=1S/C22H20FN5OS/c1-26-8-9-27(22(29)17-7-10-30-14-17)13-20(26)21-19-6-5-16(12-28(19)25-24-21)15-3-2-4-18(23)11-15/h2-7,10-12,14,20H,8-9,13H2,1H3/t20-/m1/s1. The second kappa shape index (κ2) is 7.62. The maximum absolute atomic E-state index is 13.6. The maximum atomic E-state index is 13.6. The smallest absolute Gasteiger partial charge is 0.254 e. The van der Waals surface area contributed by atoms with Crippen LogP contribution in [0.1, 0.15) is 22.1 Å². The molecule has 1 fully saturated rings. The zero-order valence-corrected chi connectivity index (χ0v) is 17.2. The molecule has 1 atom stereocenters. The summed E-state index contributed by atoms with van der Waals surface area (Å²) >= 11 is 1.53. The number of amides is 1. The second-order valence-corrected chi connectivity index (χ2v) is 8.27. The molecule has 1 saturated heterocycles. The number of aromatic nitrogens is 3. The van der Waals surface area contributed by atoms with Gasteiger partial charge in [0.2, 0.25) is 0 Å². The van der Waals surface area contributed by atoms with E-state index in [-0.39, 0.29) is 17.8 Å². The zero-order valence-electron chi connectivity index (χ0n) is 16.4. The summed E-state index contributed by atoms with van der Waals surface area (Å²) in [4.78, 5) is 16.9. The highest BCUT2D eigenvalue weighted by molar-refractivity contribution is 7.08. The number of likely N-dealkylation sites (N-methyl/N-ethyl adjacent to an activating group) is 1. The van der Waals surface area contributed by atoms with Gasteiger partial charge in [0.1, 0.15) is 11.5 Å². The molecule has 6 nitrogen and oxygen atoms in total. The van der Waals surface area contributed by atoms with Gasteiger partial charge in [-0.3, -0.25) is 9.69 Å². The molecule has 0 aliphatic carbocycles. The van der Waals surface area contributed by atoms with Crippen LogP contribution in [0.3, 0.4) is 0 Å². The van der Waals surface area contributed by atoms with Crippen molar-refractivity contribution in [1.82, 2.24) is 24.6 Å². The Bertz CT molecular complexity index is 1210. The van der Waals surface area contributed by atoms with Crippen LogP contribution in [-0.4, -0.2) is 57.2 Å². The Hall–Kier alpha value is -3.10. The van der Waals surface area contributed by atoms with Gasteiger partial charge in [0, 0.05) is 36.8 Å². The van der Waals surface area contributed by atoms with Gasteiger partial charge in [0.15, 0.2) is 0 Å². The molecule has 0 radical (unpaired) electrons. The van der Waals surface area contributed by atoms with Crippen LogP contribution >= 0.6 is 11.3 Å². The van der Waals surface area contributed by atoms with Crippen molar-refractivity contribution < 1.29 is 9.18 Å².